The molecule has 0 saturated heterocycles. The predicted molar refractivity (Wildman–Crippen MR) is 137 cm³/mol. The lowest BCUT2D eigenvalue weighted by Gasteiger charge is -2.07. The van der Waals surface area contributed by atoms with Gasteiger partial charge in [-0.05, 0) is 50.6 Å². The number of nitrogens with zero attached hydrogens (tertiary/aromatic N) is 4. The first kappa shape index (κ1) is 23.0. The van der Waals surface area contributed by atoms with Crippen LogP contribution in [0.2, 0.25) is 0 Å². The number of thioether (sulfide) groups is 1. The van der Waals surface area contributed by atoms with E-state index in [1.165, 1.54) is 11.1 Å². The van der Waals surface area contributed by atoms with E-state index in [1.54, 1.807) is 32.2 Å². The van der Waals surface area contributed by atoms with Crippen LogP contribution in [0.5, 0.6) is 11.5 Å². The van der Waals surface area contributed by atoms with Crippen LogP contribution in [0.4, 0.5) is 0 Å². The van der Waals surface area contributed by atoms with Crippen molar-refractivity contribution in [3.8, 4) is 34.2 Å². The Morgan fingerprint density at radius 2 is 1.83 bits per heavy atom. The number of methoxy groups -OCH3 is 2. The summed E-state index contributed by atoms with van der Waals surface area (Å²) < 4.78 is 18.7. The molecule has 5 rings (SSSR count). The quantitative estimate of drug-likeness (QED) is 0.250. The molecule has 3 heterocycles. The Morgan fingerprint density at radius 3 is 2.63 bits per heavy atom. The molecule has 7 nitrogen and oxygen atoms in total. The molecule has 2 aromatic carbocycles. The monoisotopic (exact) mass is 486 g/mol. The second-order valence-corrected chi connectivity index (χ2v) is 9.25. The normalized spacial score (nSPS) is 11.2. The first-order valence-corrected chi connectivity index (χ1v) is 12.2. The number of hydrogen-bond acceptors (Lipinski definition) is 7. The van der Waals surface area contributed by atoms with Crippen molar-refractivity contribution in [3.05, 3.63) is 77.4 Å². The molecule has 0 aliphatic carbocycles. The smallest absolute Gasteiger partial charge is 0.230 e. The zero-order valence-corrected chi connectivity index (χ0v) is 21.1. The van der Waals surface area contributed by atoms with Gasteiger partial charge in [0, 0.05) is 29.8 Å². The first-order chi connectivity index (χ1) is 17.0. The van der Waals surface area contributed by atoms with Crippen molar-refractivity contribution in [1.29, 1.82) is 0 Å². The van der Waals surface area contributed by atoms with Crippen molar-refractivity contribution in [3.63, 3.8) is 0 Å². The summed E-state index contributed by atoms with van der Waals surface area (Å²) in [6.45, 7) is 6.13. The van der Waals surface area contributed by atoms with Gasteiger partial charge in [0.2, 0.25) is 5.89 Å². The number of oxazole rings is 1. The Hall–Kier alpha value is -3.78. The van der Waals surface area contributed by atoms with Gasteiger partial charge in [0.15, 0.2) is 0 Å². The van der Waals surface area contributed by atoms with Gasteiger partial charge in [-0.25, -0.2) is 14.5 Å². The first-order valence-electron chi connectivity index (χ1n) is 11.2. The van der Waals surface area contributed by atoms with Crippen LogP contribution in [0.25, 0.3) is 28.2 Å². The molecule has 8 heteroatoms. The van der Waals surface area contributed by atoms with Crippen LogP contribution >= 0.6 is 11.8 Å². The van der Waals surface area contributed by atoms with Crippen LogP contribution in [0.1, 0.15) is 22.6 Å². The van der Waals surface area contributed by atoms with E-state index in [4.69, 9.17) is 24.0 Å². The fourth-order valence-corrected chi connectivity index (χ4v) is 4.92. The third kappa shape index (κ3) is 4.49. The molecule has 0 unspecified atom stereocenters. The number of fused-ring (bicyclic) bond motifs is 1. The minimum absolute atomic E-state index is 0.519. The second kappa shape index (κ2) is 9.46. The lowest BCUT2D eigenvalue weighted by Crippen LogP contribution is -1.93. The third-order valence-corrected chi connectivity index (χ3v) is 6.91. The van der Waals surface area contributed by atoms with Crippen molar-refractivity contribution in [1.82, 2.24) is 19.6 Å². The molecule has 0 saturated carbocycles. The summed E-state index contributed by atoms with van der Waals surface area (Å²) in [5.41, 5.74) is 7.08. The summed E-state index contributed by atoms with van der Waals surface area (Å²) >= 11 is 1.61. The number of hydrogen-bond donors (Lipinski definition) is 0. The molecule has 0 N–H and O–H groups in total. The summed E-state index contributed by atoms with van der Waals surface area (Å²) in [5, 5.41) is 5.69. The van der Waals surface area contributed by atoms with Crippen LogP contribution in [0.3, 0.4) is 0 Å². The molecule has 5 aromatic rings. The highest BCUT2D eigenvalue weighted by Crippen LogP contribution is 2.35. The Kier molecular flexibility index (Phi) is 6.21. The summed E-state index contributed by atoms with van der Waals surface area (Å²) in [4.78, 5) is 9.37. The van der Waals surface area contributed by atoms with Gasteiger partial charge in [-0.3, -0.25) is 0 Å². The summed E-state index contributed by atoms with van der Waals surface area (Å²) in [6.07, 6.45) is 3.65. The standard InChI is InChI=1S/C27H26N4O3S/c1-16-6-7-17(2)21(12-16)22-14-24-27(28-10-11-31(24)30-22)35-15-23-18(3)34-26(29-23)20-9-8-19(32-4)13-25(20)33-5/h6-14H,15H2,1-5H3. The molecule has 3 aromatic heterocycles. The molecule has 178 valence electrons. The number of benzene rings is 2. The van der Waals surface area contributed by atoms with Crippen LogP contribution in [0, 0.1) is 20.8 Å². The highest BCUT2D eigenvalue weighted by atomic mass is 32.2. The number of aryl methyl sites for hydroxylation is 3. The molecule has 0 aliphatic rings. The zero-order chi connectivity index (χ0) is 24.5. The van der Waals surface area contributed by atoms with Crippen molar-refractivity contribution in [2.75, 3.05) is 14.2 Å². The number of ether oxygens (including phenoxy) is 2. The van der Waals surface area contributed by atoms with Gasteiger partial charge in [0.1, 0.15) is 22.3 Å². The SMILES string of the molecule is COc1ccc(-c2nc(CSc3nccn4nc(-c5cc(C)ccc5C)cc34)c(C)o2)c(OC)c1. The molecule has 0 radical (unpaired) electrons. The van der Waals surface area contributed by atoms with Gasteiger partial charge in [-0.2, -0.15) is 5.10 Å². The van der Waals surface area contributed by atoms with E-state index in [0.29, 0.717) is 23.1 Å². The van der Waals surface area contributed by atoms with Crippen molar-refractivity contribution in [2.45, 2.75) is 31.6 Å². The van der Waals surface area contributed by atoms with Crippen LogP contribution in [-0.4, -0.2) is 33.8 Å². The fraction of sp³-hybridized carbons (Fsp3) is 0.222. The third-order valence-electron chi connectivity index (χ3n) is 5.90. The highest BCUT2D eigenvalue weighted by Gasteiger charge is 2.18. The van der Waals surface area contributed by atoms with E-state index in [1.807, 2.05) is 35.8 Å². The Balaban J connectivity index is 1.42. The van der Waals surface area contributed by atoms with E-state index >= 15 is 0 Å². The Bertz CT molecular complexity index is 1520. The summed E-state index contributed by atoms with van der Waals surface area (Å²) in [6, 6.07) is 14.1. The minimum Gasteiger partial charge on any atom is -0.497 e. The molecule has 0 fully saturated rings. The Labute approximate surface area is 208 Å². The minimum atomic E-state index is 0.519. The van der Waals surface area contributed by atoms with E-state index in [0.717, 1.165) is 38.8 Å². The maximum atomic E-state index is 6.00. The molecule has 0 spiro atoms. The maximum absolute atomic E-state index is 6.00. The Morgan fingerprint density at radius 1 is 0.971 bits per heavy atom. The van der Waals surface area contributed by atoms with E-state index in [-0.39, 0.29) is 0 Å². The maximum Gasteiger partial charge on any atom is 0.230 e. The van der Waals surface area contributed by atoms with Crippen molar-refractivity contribution >= 4 is 17.3 Å². The second-order valence-electron chi connectivity index (χ2n) is 8.29. The number of aromatic nitrogens is 4. The largest absolute Gasteiger partial charge is 0.497 e. The van der Waals surface area contributed by atoms with Crippen molar-refractivity contribution < 1.29 is 13.9 Å². The predicted octanol–water partition coefficient (Wildman–Crippen LogP) is 6.29. The van der Waals surface area contributed by atoms with Crippen LogP contribution in [0.15, 0.2) is 64.3 Å². The molecule has 0 aliphatic heterocycles. The van der Waals surface area contributed by atoms with Crippen LogP contribution < -0.4 is 9.47 Å². The van der Waals surface area contributed by atoms with Gasteiger partial charge in [-0.15, -0.1) is 0 Å². The van der Waals surface area contributed by atoms with Gasteiger partial charge < -0.3 is 13.9 Å². The topological polar surface area (TPSA) is 74.7 Å². The summed E-state index contributed by atoms with van der Waals surface area (Å²) in [7, 11) is 3.24. The average Bonchev–Trinajstić information content (AvgIpc) is 3.47. The lowest BCUT2D eigenvalue weighted by molar-refractivity contribution is 0.394. The molecular formula is C27H26N4O3S. The van der Waals surface area contributed by atoms with E-state index in [2.05, 4.69) is 43.1 Å². The van der Waals surface area contributed by atoms with E-state index < -0.39 is 0 Å². The number of rotatable bonds is 7. The lowest BCUT2D eigenvalue weighted by atomic mass is 10.0. The van der Waals surface area contributed by atoms with Gasteiger partial charge >= 0.3 is 0 Å². The molecule has 35 heavy (non-hydrogen) atoms. The average molecular weight is 487 g/mol. The zero-order valence-electron chi connectivity index (χ0n) is 20.3. The van der Waals surface area contributed by atoms with Crippen LogP contribution in [-0.2, 0) is 5.75 Å². The molecule has 0 atom stereocenters. The van der Waals surface area contributed by atoms with Crippen molar-refractivity contribution in [2.24, 2.45) is 0 Å². The molecular weight excluding hydrogens is 460 g/mol. The fourth-order valence-electron chi connectivity index (χ4n) is 3.94. The highest BCUT2D eigenvalue weighted by molar-refractivity contribution is 7.98. The van der Waals surface area contributed by atoms with E-state index in [9.17, 15) is 0 Å². The molecule has 0 amide bonds. The molecule has 0 bridgehead atoms. The van der Waals surface area contributed by atoms with Gasteiger partial charge in [0.25, 0.3) is 0 Å². The van der Waals surface area contributed by atoms with Gasteiger partial charge in [0.05, 0.1) is 36.7 Å². The van der Waals surface area contributed by atoms with Gasteiger partial charge in [-0.1, -0.05) is 29.5 Å². The summed E-state index contributed by atoms with van der Waals surface area (Å²) in [5.74, 6) is 3.26.